The molecule has 2 saturated heterocycles. The minimum Gasteiger partial charge on any atom is -0.364 e. The van der Waals surface area contributed by atoms with Gasteiger partial charge in [-0.25, -0.2) is 0 Å². The van der Waals surface area contributed by atoms with E-state index in [1.54, 1.807) is 0 Å². The number of piperidine rings is 1. The van der Waals surface area contributed by atoms with Gasteiger partial charge in [-0.1, -0.05) is 48.5 Å². The summed E-state index contributed by atoms with van der Waals surface area (Å²) < 4.78 is 0. The van der Waals surface area contributed by atoms with Gasteiger partial charge in [0.1, 0.15) is 5.78 Å². The Bertz CT molecular complexity index is 648. The molecule has 0 N–H and O–H groups in total. The lowest BCUT2D eigenvalue weighted by Crippen LogP contribution is -2.43. The molecule has 4 rings (SSSR count). The number of para-hydroxylation sites is 1. The van der Waals surface area contributed by atoms with Crippen molar-refractivity contribution in [2.24, 2.45) is 0 Å². The van der Waals surface area contributed by atoms with E-state index in [0.717, 1.165) is 25.7 Å². The largest absolute Gasteiger partial charge is 0.364 e. The molecule has 0 aromatic heterocycles. The number of benzene rings is 2. The summed E-state index contributed by atoms with van der Waals surface area (Å²) in [6, 6.07) is 20.0. The molecule has 2 nitrogen and oxygen atoms in total. The molecule has 0 saturated carbocycles. The molecule has 106 valence electrons. The first kappa shape index (κ1) is 12.6. The van der Waals surface area contributed by atoms with Crippen LogP contribution in [0.5, 0.6) is 0 Å². The van der Waals surface area contributed by atoms with Gasteiger partial charge in [0.2, 0.25) is 0 Å². The Morgan fingerprint density at radius 2 is 1.43 bits per heavy atom. The number of hydrogen-bond donors (Lipinski definition) is 0. The molecule has 2 bridgehead atoms. The first-order chi connectivity index (χ1) is 10.3. The minimum absolute atomic E-state index is 0.404. The van der Waals surface area contributed by atoms with Gasteiger partial charge in [-0.3, -0.25) is 4.79 Å². The highest BCUT2D eigenvalue weighted by atomic mass is 16.1. The van der Waals surface area contributed by atoms with Crippen molar-refractivity contribution in [3.05, 3.63) is 54.6 Å². The van der Waals surface area contributed by atoms with Crippen LogP contribution < -0.4 is 4.90 Å². The minimum atomic E-state index is 0.404. The molecule has 0 aliphatic carbocycles. The fourth-order valence-corrected chi connectivity index (χ4v) is 3.92. The number of anilines is 1. The number of fused-ring (bicyclic) bond motifs is 2. The molecule has 2 heteroatoms. The zero-order valence-electron chi connectivity index (χ0n) is 12.0. The van der Waals surface area contributed by atoms with Gasteiger partial charge in [0.25, 0.3) is 0 Å². The summed E-state index contributed by atoms with van der Waals surface area (Å²) in [6.07, 6.45) is 3.75. The van der Waals surface area contributed by atoms with Crippen LogP contribution in [0.3, 0.4) is 0 Å². The van der Waals surface area contributed by atoms with Crippen LogP contribution in [0.4, 0.5) is 5.69 Å². The molecular weight excluding hydrogens is 258 g/mol. The second-order valence-corrected chi connectivity index (χ2v) is 6.12. The predicted octanol–water partition coefficient (Wildman–Crippen LogP) is 4.05. The maximum atomic E-state index is 11.8. The lowest BCUT2D eigenvalue weighted by atomic mass is 9.97. The quantitative estimate of drug-likeness (QED) is 0.825. The molecule has 2 atom stereocenters. The number of rotatable bonds is 2. The summed E-state index contributed by atoms with van der Waals surface area (Å²) >= 11 is 0. The van der Waals surface area contributed by atoms with E-state index in [2.05, 4.69) is 59.5 Å². The van der Waals surface area contributed by atoms with E-state index >= 15 is 0 Å². The lowest BCUT2D eigenvalue weighted by molar-refractivity contribution is -0.120. The van der Waals surface area contributed by atoms with Crippen LogP contribution in [-0.2, 0) is 4.79 Å². The summed E-state index contributed by atoms with van der Waals surface area (Å²) in [5.74, 6) is 0.441. The van der Waals surface area contributed by atoms with Crippen molar-refractivity contribution in [2.75, 3.05) is 4.90 Å². The number of nitrogens with zero attached hydrogens (tertiary/aromatic N) is 1. The average molecular weight is 277 g/mol. The molecule has 2 aliphatic rings. The van der Waals surface area contributed by atoms with Crippen molar-refractivity contribution < 1.29 is 4.79 Å². The molecule has 2 aliphatic heterocycles. The van der Waals surface area contributed by atoms with Crippen LogP contribution in [0.2, 0.25) is 0 Å². The first-order valence-corrected chi connectivity index (χ1v) is 7.77. The normalized spacial score (nSPS) is 24.4. The lowest BCUT2D eigenvalue weighted by Gasteiger charge is -2.37. The van der Waals surface area contributed by atoms with Gasteiger partial charge in [0, 0.05) is 36.2 Å². The number of carbonyl (C=O) groups excluding carboxylic acids is 1. The Morgan fingerprint density at radius 3 is 2.14 bits per heavy atom. The van der Waals surface area contributed by atoms with Crippen LogP contribution in [-0.4, -0.2) is 17.9 Å². The standard InChI is InChI=1S/C19H19NO/c21-17-12-15-10-11-16(13-17)20(15)19-9-5-4-8-18(19)14-6-2-1-3-7-14/h1-9,15-16H,10-13H2. The third-order valence-electron chi connectivity index (χ3n) is 4.81. The molecule has 2 unspecified atom stereocenters. The van der Waals surface area contributed by atoms with Crippen molar-refractivity contribution in [1.82, 2.24) is 0 Å². The Labute approximate surface area is 125 Å². The van der Waals surface area contributed by atoms with Gasteiger partial charge in [-0.15, -0.1) is 0 Å². The second kappa shape index (κ2) is 5.03. The first-order valence-electron chi connectivity index (χ1n) is 7.77. The van der Waals surface area contributed by atoms with E-state index in [0.29, 0.717) is 17.9 Å². The number of carbonyl (C=O) groups is 1. The van der Waals surface area contributed by atoms with Gasteiger partial charge in [-0.05, 0) is 24.5 Å². The van der Waals surface area contributed by atoms with Crippen LogP contribution in [0, 0.1) is 0 Å². The molecule has 2 heterocycles. The van der Waals surface area contributed by atoms with E-state index in [4.69, 9.17) is 0 Å². The predicted molar refractivity (Wildman–Crippen MR) is 85.4 cm³/mol. The van der Waals surface area contributed by atoms with Crippen molar-refractivity contribution in [2.45, 2.75) is 37.8 Å². The smallest absolute Gasteiger partial charge is 0.137 e. The summed E-state index contributed by atoms with van der Waals surface area (Å²) in [4.78, 5) is 14.3. The van der Waals surface area contributed by atoms with E-state index in [1.807, 2.05) is 0 Å². The molecular formula is C19H19NO. The highest BCUT2D eigenvalue weighted by Gasteiger charge is 2.40. The van der Waals surface area contributed by atoms with Crippen molar-refractivity contribution in [3.8, 4) is 11.1 Å². The zero-order valence-corrected chi connectivity index (χ0v) is 12.0. The number of hydrogen-bond acceptors (Lipinski definition) is 2. The van der Waals surface area contributed by atoms with E-state index in [1.165, 1.54) is 16.8 Å². The zero-order chi connectivity index (χ0) is 14.2. The van der Waals surface area contributed by atoms with Gasteiger partial charge in [0.15, 0.2) is 0 Å². The Morgan fingerprint density at radius 1 is 0.810 bits per heavy atom. The second-order valence-electron chi connectivity index (χ2n) is 6.12. The van der Waals surface area contributed by atoms with Gasteiger partial charge < -0.3 is 4.90 Å². The molecule has 2 aromatic rings. The average Bonchev–Trinajstić information content (AvgIpc) is 2.80. The highest BCUT2D eigenvalue weighted by molar-refractivity contribution is 5.86. The molecule has 2 fully saturated rings. The summed E-state index contributed by atoms with van der Waals surface area (Å²) in [5, 5.41) is 0. The fourth-order valence-electron chi connectivity index (χ4n) is 3.92. The van der Waals surface area contributed by atoms with E-state index < -0.39 is 0 Å². The summed E-state index contributed by atoms with van der Waals surface area (Å²) in [7, 11) is 0. The monoisotopic (exact) mass is 277 g/mol. The molecule has 2 aromatic carbocycles. The number of Topliss-reactive ketones (excluding diaryl/α,β-unsaturated/α-hetero) is 1. The summed E-state index contributed by atoms with van der Waals surface area (Å²) in [5.41, 5.74) is 3.83. The van der Waals surface area contributed by atoms with Gasteiger partial charge in [0.05, 0.1) is 0 Å². The van der Waals surface area contributed by atoms with Crippen molar-refractivity contribution in [1.29, 1.82) is 0 Å². The van der Waals surface area contributed by atoms with Crippen molar-refractivity contribution in [3.63, 3.8) is 0 Å². The molecule has 21 heavy (non-hydrogen) atoms. The van der Waals surface area contributed by atoms with Crippen LogP contribution in [0.15, 0.2) is 54.6 Å². The SMILES string of the molecule is O=C1CC2CCC(C1)N2c1ccccc1-c1ccccc1. The van der Waals surface area contributed by atoms with Gasteiger partial charge >= 0.3 is 0 Å². The summed E-state index contributed by atoms with van der Waals surface area (Å²) in [6.45, 7) is 0. The Kier molecular flexibility index (Phi) is 3.03. The van der Waals surface area contributed by atoms with Gasteiger partial charge in [-0.2, -0.15) is 0 Å². The third-order valence-corrected chi connectivity index (χ3v) is 4.81. The van der Waals surface area contributed by atoms with Crippen LogP contribution >= 0.6 is 0 Å². The highest BCUT2D eigenvalue weighted by Crippen LogP contribution is 2.42. The Balaban J connectivity index is 1.78. The van der Waals surface area contributed by atoms with E-state index in [-0.39, 0.29) is 0 Å². The van der Waals surface area contributed by atoms with E-state index in [9.17, 15) is 4.79 Å². The fraction of sp³-hybridized carbons (Fsp3) is 0.316. The maximum absolute atomic E-state index is 11.8. The Hall–Kier alpha value is -2.09. The number of ketones is 1. The molecule has 0 spiro atoms. The van der Waals surface area contributed by atoms with Crippen LogP contribution in [0.1, 0.15) is 25.7 Å². The molecule has 0 radical (unpaired) electrons. The van der Waals surface area contributed by atoms with Crippen LogP contribution in [0.25, 0.3) is 11.1 Å². The third kappa shape index (κ3) is 2.15. The topological polar surface area (TPSA) is 20.3 Å². The van der Waals surface area contributed by atoms with Crippen molar-refractivity contribution >= 4 is 11.5 Å². The molecule has 0 amide bonds. The maximum Gasteiger partial charge on any atom is 0.137 e.